The van der Waals surface area contributed by atoms with Gasteiger partial charge in [-0.25, -0.2) is 0 Å². The van der Waals surface area contributed by atoms with Gasteiger partial charge < -0.3 is 0 Å². The average molecular weight is 313 g/mol. The molecule has 118 valence electrons. The van der Waals surface area contributed by atoms with Crippen LogP contribution in [0.3, 0.4) is 0 Å². The topological polar surface area (TPSA) is 30.0 Å². The molecular weight excluding hydrogens is 294 g/mol. The zero-order valence-corrected chi connectivity index (χ0v) is 13.5. The van der Waals surface area contributed by atoms with Crippen LogP contribution in [0.15, 0.2) is 73.1 Å². The number of rotatable bonds is 3. The summed E-state index contributed by atoms with van der Waals surface area (Å²) in [6.07, 6.45) is 5.93. The fourth-order valence-corrected chi connectivity index (χ4v) is 3.70. The molecule has 1 aliphatic carbocycles. The summed E-state index contributed by atoms with van der Waals surface area (Å²) in [7, 11) is 0. The van der Waals surface area contributed by atoms with Gasteiger partial charge in [-0.1, -0.05) is 48.5 Å². The Morgan fingerprint density at radius 2 is 1.38 bits per heavy atom. The van der Waals surface area contributed by atoms with Crippen molar-refractivity contribution >= 4 is 5.78 Å². The second kappa shape index (κ2) is 6.40. The summed E-state index contributed by atoms with van der Waals surface area (Å²) in [5, 5.41) is 0. The molecule has 0 aliphatic heterocycles. The van der Waals surface area contributed by atoms with Crippen molar-refractivity contribution in [1.82, 2.24) is 4.98 Å². The number of benzene rings is 2. The SMILES string of the molecule is O=C(CC1c2ccccc2CCc2ccccc21)c1ccncc1. The molecule has 2 nitrogen and oxygen atoms in total. The number of carbonyl (C=O) groups excluding carboxylic acids is 1. The van der Waals surface area contributed by atoms with Gasteiger partial charge in [0.2, 0.25) is 0 Å². The minimum atomic E-state index is 0.126. The Hall–Kier alpha value is -2.74. The molecule has 0 saturated carbocycles. The lowest BCUT2D eigenvalue weighted by atomic mass is 9.83. The lowest BCUT2D eigenvalue weighted by molar-refractivity contribution is 0.0977. The van der Waals surface area contributed by atoms with E-state index < -0.39 is 0 Å². The van der Waals surface area contributed by atoms with E-state index in [1.807, 2.05) is 0 Å². The Balaban J connectivity index is 1.77. The Morgan fingerprint density at radius 1 is 0.833 bits per heavy atom. The number of hydrogen-bond acceptors (Lipinski definition) is 2. The first kappa shape index (κ1) is 14.8. The largest absolute Gasteiger partial charge is 0.294 e. The number of aromatic nitrogens is 1. The standard InChI is InChI=1S/C22H19NO/c24-22(18-11-13-23-14-12-18)15-21-19-7-3-1-5-16(19)9-10-17-6-2-4-8-20(17)21/h1-8,11-14,21H,9-10,15H2. The third kappa shape index (κ3) is 2.76. The lowest BCUT2D eigenvalue weighted by Crippen LogP contribution is -2.10. The van der Waals surface area contributed by atoms with Gasteiger partial charge in [0.15, 0.2) is 5.78 Å². The Bertz CT molecular complexity index is 822. The molecule has 3 aromatic rings. The highest BCUT2D eigenvalue weighted by molar-refractivity contribution is 5.96. The highest BCUT2D eigenvalue weighted by Crippen LogP contribution is 2.37. The quantitative estimate of drug-likeness (QED) is 0.662. The van der Waals surface area contributed by atoms with E-state index in [4.69, 9.17) is 0 Å². The molecule has 2 heteroatoms. The molecule has 1 heterocycles. The summed E-state index contributed by atoms with van der Waals surface area (Å²) < 4.78 is 0. The monoisotopic (exact) mass is 313 g/mol. The average Bonchev–Trinajstić information content (AvgIpc) is 2.80. The van der Waals surface area contributed by atoms with Crippen molar-refractivity contribution in [3.05, 3.63) is 101 Å². The van der Waals surface area contributed by atoms with Gasteiger partial charge >= 0.3 is 0 Å². The molecule has 24 heavy (non-hydrogen) atoms. The minimum absolute atomic E-state index is 0.126. The van der Waals surface area contributed by atoms with Crippen LogP contribution in [0.2, 0.25) is 0 Å². The van der Waals surface area contributed by atoms with Crippen LogP contribution < -0.4 is 0 Å². The van der Waals surface area contributed by atoms with Crippen molar-refractivity contribution in [3.8, 4) is 0 Å². The maximum atomic E-state index is 12.8. The van der Waals surface area contributed by atoms with Crippen LogP contribution in [0.4, 0.5) is 0 Å². The molecule has 1 aliphatic rings. The predicted molar refractivity (Wildman–Crippen MR) is 95.3 cm³/mol. The van der Waals surface area contributed by atoms with Gasteiger partial charge in [-0.05, 0) is 47.2 Å². The van der Waals surface area contributed by atoms with Crippen LogP contribution in [-0.4, -0.2) is 10.8 Å². The smallest absolute Gasteiger partial charge is 0.163 e. The van der Waals surface area contributed by atoms with E-state index >= 15 is 0 Å². The molecule has 4 rings (SSSR count). The number of aryl methyl sites for hydroxylation is 2. The highest BCUT2D eigenvalue weighted by Gasteiger charge is 2.25. The van der Waals surface area contributed by atoms with E-state index in [1.165, 1.54) is 22.3 Å². The van der Waals surface area contributed by atoms with Crippen LogP contribution in [0.1, 0.15) is 45.0 Å². The van der Waals surface area contributed by atoms with Gasteiger partial charge in [-0.3, -0.25) is 9.78 Å². The van der Waals surface area contributed by atoms with Gasteiger partial charge in [0, 0.05) is 30.3 Å². The van der Waals surface area contributed by atoms with E-state index in [0.29, 0.717) is 6.42 Å². The summed E-state index contributed by atoms with van der Waals surface area (Å²) in [6, 6.07) is 20.7. The van der Waals surface area contributed by atoms with Gasteiger partial charge in [0.1, 0.15) is 0 Å². The zero-order valence-electron chi connectivity index (χ0n) is 13.5. The van der Waals surface area contributed by atoms with Crippen molar-refractivity contribution < 1.29 is 4.79 Å². The Morgan fingerprint density at radius 3 is 1.96 bits per heavy atom. The summed E-state index contributed by atoms with van der Waals surface area (Å²) in [4.78, 5) is 16.8. The van der Waals surface area contributed by atoms with E-state index in [9.17, 15) is 4.79 Å². The Kier molecular flexibility index (Phi) is 3.96. The maximum Gasteiger partial charge on any atom is 0.163 e. The minimum Gasteiger partial charge on any atom is -0.294 e. The summed E-state index contributed by atoms with van der Waals surface area (Å²) in [5.41, 5.74) is 6.06. The number of pyridine rings is 1. The third-order valence-electron chi connectivity index (χ3n) is 4.92. The molecule has 0 atom stereocenters. The zero-order chi connectivity index (χ0) is 16.4. The van der Waals surface area contributed by atoms with Crippen LogP contribution in [0.25, 0.3) is 0 Å². The first-order valence-corrected chi connectivity index (χ1v) is 8.42. The van der Waals surface area contributed by atoms with Crippen LogP contribution in [0.5, 0.6) is 0 Å². The normalized spacial score (nSPS) is 13.7. The molecule has 0 radical (unpaired) electrons. The third-order valence-corrected chi connectivity index (χ3v) is 4.92. The van der Waals surface area contributed by atoms with Gasteiger partial charge in [-0.2, -0.15) is 0 Å². The van der Waals surface area contributed by atoms with Crippen molar-refractivity contribution in [1.29, 1.82) is 0 Å². The fourth-order valence-electron chi connectivity index (χ4n) is 3.70. The molecule has 0 saturated heterocycles. The first-order valence-electron chi connectivity index (χ1n) is 8.42. The number of hydrogen-bond donors (Lipinski definition) is 0. The van der Waals surface area contributed by atoms with Gasteiger partial charge in [0.25, 0.3) is 0 Å². The first-order chi connectivity index (χ1) is 11.8. The summed E-state index contributed by atoms with van der Waals surface area (Å²) in [5.74, 6) is 0.300. The van der Waals surface area contributed by atoms with Crippen molar-refractivity contribution in [2.45, 2.75) is 25.2 Å². The summed E-state index contributed by atoms with van der Waals surface area (Å²) in [6.45, 7) is 0. The summed E-state index contributed by atoms with van der Waals surface area (Å²) >= 11 is 0. The fraction of sp³-hybridized carbons (Fsp3) is 0.182. The predicted octanol–water partition coefficient (Wildman–Crippen LogP) is 4.59. The number of Topliss-reactive ketones (excluding diaryl/α,β-unsaturated/α-hetero) is 1. The second-order valence-electron chi connectivity index (χ2n) is 6.31. The van der Waals surface area contributed by atoms with Crippen LogP contribution >= 0.6 is 0 Å². The van der Waals surface area contributed by atoms with Gasteiger partial charge in [0.05, 0.1) is 0 Å². The van der Waals surface area contributed by atoms with E-state index in [2.05, 4.69) is 53.5 Å². The van der Waals surface area contributed by atoms with E-state index in [-0.39, 0.29) is 11.7 Å². The molecule has 1 aromatic heterocycles. The molecule has 0 amide bonds. The number of fused-ring (bicyclic) bond motifs is 2. The number of ketones is 1. The maximum absolute atomic E-state index is 12.8. The van der Waals surface area contributed by atoms with Crippen molar-refractivity contribution in [3.63, 3.8) is 0 Å². The molecule has 0 bridgehead atoms. The molecule has 0 fully saturated rings. The van der Waals surface area contributed by atoms with Crippen LogP contribution in [0, 0.1) is 0 Å². The number of nitrogens with zero attached hydrogens (tertiary/aromatic N) is 1. The second-order valence-corrected chi connectivity index (χ2v) is 6.31. The van der Waals surface area contributed by atoms with Crippen LogP contribution in [-0.2, 0) is 12.8 Å². The van der Waals surface area contributed by atoms with Crippen molar-refractivity contribution in [2.24, 2.45) is 0 Å². The molecular formula is C22H19NO. The molecule has 0 unspecified atom stereocenters. The van der Waals surface area contributed by atoms with E-state index in [0.717, 1.165) is 18.4 Å². The highest BCUT2D eigenvalue weighted by atomic mass is 16.1. The number of carbonyl (C=O) groups is 1. The lowest BCUT2D eigenvalue weighted by Gasteiger charge is -2.20. The molecule has 0 N–H and O–H groups in total. The Labute approximate surface area is 142 Å². The molecule has 2 aromatic carbocycles. The molecule has 0 spiro atoms. The van der Waals surface area contributed by atoms with Crippen molar-refractivity contribution in [2.75, 3.05) is 0 Å². The van der Waals surface area contributed by atoms with Gasteiger partial charge in [-0.15, -0.1) is 0 Å². The van der Waals surface area contributed by atoms with E-state index in [1.54, 1.807) is 24.5 Å².